The van der Waals surface area contributed by atoms with Gasteiger partial charge in [0, 0.05) is 30.3 Å². The molecule has 0 aliphatic rings. The Morgan fingerprint density at radius 1 is 1.12 bits per heavy atom. The van der Waals surface area contributed by atoms with E-state index in [1.807, 2.05) is 0 Å². The average Bonchev–Trinajstić information content (AvgIpc) is 3.30. The van der Waals surface area contributed by atoms with E-state index in [9.17, 15) is 18.0 Å². The zero-order chi connectivity index (χ0) is 23.2. The predicted octanol–water partition coefficient (Wildman–Crippen LogP) is 3.46. The van der Waals surface area contributed by atoms with E-state index in [1.165, 1.54) is 18.6 Å². The molecule has 0 unspecified atom stereocenters. The van der Waals surface area contributed by atoms with Gasteiger partial charge in [-0.2, -0.15) is 23.3 Å². The number of fused-ring (bicyclic) bond motifs is 2. The van der Waals surface area contributed by atoms with Crippen molar-refractivity contribution in [3.8, 4) is 11.3 Å². The van der Waals surface area contributed by atoms with E-state index in [-0.39, 0.29) is 28.5 Å². The second kappa shape index (κ2) is 7.55. The van der Waals surface area contributed by atoms with Gasteiger partial charge in [-0.05, 0) is 0 Å². The molecule has 1 aromatic carbocycles. The number of hydrogen-bond acceptors (Lipinski definition) is 8. The second-order valence-corrected chi connectivity index (χ2v) is 6.93. The van der Waals surface area contributed by atoms with Gasteiger partial charge in [0.25, 0.3) is 5.56 Å². The van der Waals surface area contributed by atoms with Crippen molar-refractivity contribution in [3.05, 3.63) is 58.9 Å². The highest BCUT2D eigenvalue weighted by molar-refractivity contribution is 6.07. The number of halogens is 3. The van der Waals surface area contributed by atoms with Crippen molar-refractivity contribution in [1.29, 1.82) is 0 Å². The first-order valence-corrected chi connectivity index (χ1v) is 9.55. The third-order valence-electron chi connectivity index (χ3n) is 4.92. The minimum absolute atomic E-state index is 0.0402. The van der Waals surface area contributed by atoms with Crippen LogP contribution in [0, 0.1) is 0 Å². The molecule has 33 heavy (non-hydrogen) atoms. The van der Waals surface area contributed by atoms with Crippen LogP contribution in [0.5, 0.6) is 0 Å². The summed E-state index contributed by atoms with van der Waals surface area (Å²) in [6.07, 6.45) is -0.685. The number of para-hydroxylation sites is 1. The number of nitrogens with one attached hydrogen (secondary N) is 4. The minimum Gasteiger partial charge on any atom is -0.357 e. The van der Waals surface area contributed by atoms with Gasteiger partial charge < -0.3 is 15.6 Å². The summed E-state index contributed by atoms with van der Waals surface area (Å²) in [6, 6.07) is 6.59. The Kier molecular flexibility index (Phi) is 4.65. The predicted molar refractivity (Wildman–Crippen MR) is 115 cm³/mol. The molecule has 0 bridgehead atoms. The third kappa shape index (κ3) is 3.48. The molecule has 4 N–H and O–H groups in total. The van der Waals surface area contributed by atoms with Crippen molar-refractivity contribution >= 4 is 39.4 Å². The molecule has 13 heteroatoms. The van der Waals surface area contributed by atoms with Crippen molar-refractivity contribution in [1.82, 2.24) is 35.1 Å². The molecule has 5 rings (SSSR count). The van der Waals surface area contributed by atoms with Crippen LogP contribution in [0.15, 0.2) is 47.8 Å². The van der Waals surface area contributed by atoms with Crippen LogP contribution in [0.4, 0.5) is 30.6 Å². The van der Waals surface area contributed by atoms with Gasteiger partial charge >= 0.3 is 6.18 Å². The number of alkyl halides is 3. The van der Waals surface area contributed by atoms with E-state index in [1.54, 1.807) is 31.4 Å². The number of rotatable bonds is 4. The fourth-order valence-corrected chi connectivity index (χ4v) is 3.56. The van der Waals surface area contributed by atoms with E-state index in [2.05, 4.69) is 45.8 Å². The van der Waals surface area contributed by atoms with E-state index in [0.717, 1.165) is 0 Å². The summed E-state index contributed by atoms with van der Waals surface area (Å²) in [5.41, 5.74) is -2.30. The Labute approximate surface area is 182 Å². The van der Waals surface area contributed by atoms with E-state index in [4.69, 9.17) is 0 Å². The lowest BCUT2D eigenvalue weighted by atomic mass is 10.0. The molecular weight excluding hydrogens is 439 g/mol. The van der Waals surface area contributed by atoms with Gasteiger partial charge in [0.2, 0.25) is 5.95 Å². The minimum atomic E-state index is -4.97. The number of anilines is 3. The van der Waals surface area contributed by atoms with Gasteiger partial charge in [-0.1, -0.05) is 18.2 Å². The standard InChI is InChI=1S/C20H14F3N9O/c1-24-19-29-15(10-4-2-3-9-7-25-8-26-14(9)10)12-16(28-11-5-6-27-32-11)13(20(21,22)23)18(33)30-17(12)31-19/h2-8H,1H3,(H4,24,27,28,29,30,31,32,33). The fraction of sp³-hybridized carbons (Fsp3) is 0.100. The molecule has 0 spiro atoms. The molecule has 0 aliphatic heterocycles. The largest absolute Gasteiger partial charge is 0.423 e. The fourth-order valence-electron chi connectivity index (χ4n) is 3.56. The SMILES string of the molecule is CNc1nc(-c2cccc3cncnc23)c2c(Nc3ccn[nH]3)c(C(F)(F)F)c(=O)[nH]c2n1. The molecule has 0 fully saturated rings. The molecule has 0 amide bonds. The van der Waals surface area contributed by atoms with Crippen LogP contribution in [0.2, 0.25) is 0 Å². The van der Waals surface area contributed by atoms with Crippen LogP contribution in [0.1, 0.15) is 5.56 Å². The molecule has 0 saturated heterocycles. The molecule has 4 heterocycles. The van der Waals surface area contributed by atoms with Crippen molar-refractivity contribution in [2.45, 2.75) is 6.18 Å². The quantitative estimate of drug-likeness (QED) is 0.325. The maximum atomic E-state index is 14.0. The zero-order valence-electron chi connectivity index (χ0n) is 16.8. The smallest absolute Gasteiger partial charge is 0.357 e. The van der Waals surface area contributed by atoms with Crippen LogP contribution < -0.4 is 16.2 Å². The lowest BCUT2D eigenvalue weighted by Crippen LogP contribution is -2.24. The van der Waals surface area contributed by atoms with Gasteiger partial charge in [-0.3, -0.25) is 9.89 Å². The topological polar surface area (TPSA) is 137 Å². The highest BCUT2D eigenvalue weighted by atomic mass is 19.4. The number of aromatic amines is 2. The summed E-state index contributed by atoms with van der Waals surface area (Å²) in [4.78, 5) is 31.7. The summed E-state index contributed by atoms with van der Waals surface area (Å²) in [5.74, 6) is 0.253. The summed E-state index contributed by atoms with van der Waals surface area (Å²) in [6.45, 7) is 0. The number of hydrogen-bond donors (Lipinski definition) is 4. The first-order valence-electron chi connectivity index (χ1n) is 9.55. The monoisotopic (exact) mass is 453 g/mol. The molecular formula is C20H14F3N9O. The van der Waals surface area contributed by atoms with Gasteiger partial charge in [0.1, 0.15) is 23.4 Å². The van der Waals surface area contributed by atoms with Crippen LogP contribution >= 0.6 is 0 Å². The van der Waals surface area contributed by atoms with Crippen molar-refractivity contribution in [2.75, 3.05) is 17.7 Å². The maximum absolute atomic E-state index is 14.0. The summed E-state index contributed by atoms with van der Waals surface area (Å²) >= 11 is 0. The van der Waals surface area contributed by atoms with E-state index >= 15 is 0 Å². The van der Waals surface area contributed by atoms with Crippen molar-refractivity contribution < 1.29 is 13.2 Å². The first-order chi connectivity index (χ1) is 15.9. The molecule has 166 valence electrons. The number of nitrogens with zero attached hydrogens (tertiary/aromatic N) is 5. The number of pyridine rings is 1. The first kappa shape index (κ1) is 20.4. The zero-order valence-corrected chi connectivity index (χ0v) is 16.8. The number of benzene rings is 1. The van der Waals surface area contributed by atoms with Crippen molar-refractivity contribution in [3.63, 3.8) is 0 Å². The van der Waals surface area contributed by atoms with Crippen LogP contribution in [0.3, 0.4) is 0 Å². The van der Waals surface area contributed by atoms with Crippen LogP contribution in [-0.2, 0) is 6.18 Å². The van der Waals surface area contributed by atoms with Gasteiger partial charge in [-0.25, -0.2) is 15.0 Å². The summed E-state index contributed by atoms with van der Waals surface area (Å²) in [5, 5.41) is 12.3. The van der Waals surface area contributed by atoms with Gasteiger partial charge in [0.15, 0.2) is 0 Å². The number of H-pyrrole nitrogens is 2. The molecule has 4 aromatic heterocycles. The third-order valence-corrected chi connectivity index (χ3v) is 4.92. The Morgan fingerprint density at radius 2 is 1.97 bits per heavy atom. The van der Waals surface area contributed by atoms with E-state index < -0.39 is 23.0 Å². The van der Waals surface area contributed by atoms with Crippen LogP contribution in [0.25, 0.3) is 33.2 Å². The molecule has 0 saturated carbocycles. The Balaban J connectivity index is 1.96. The molecule has 0 radical (unpaired) electrons. The Hall–Kier alpha value is -4.55. The molecule has 0 aliphatic carbocycles. The Morgan fingerprint density at radius 3 is 2.70 bits per heavy atom. The molecule has 0 atom stereocenters. The maximum Gasteiger partial charge on any atom is 0.423 e. The molecule has 10 nitrogen and oxygen atoms in total. The van der Waals surface area contributed by atoms with Gasteiger partial charge in [0.05, 0.1) is 28.5 Å². The van der Waals surface area contributed by atoms with E-state index in [0.29, 0.717) is 16.5 Å². The van der Waals surface area contributed by atoms with Crippen LogP contribution in [-0.4, -0.2) is 42.2 Å². The average molecular weight is 453 g/mol. The normalized spacial score (nSPS) is 11.8. The Bertz CT molecular complexity index is 1540. The van der Waals surface area contributed by atoms with Crippen molar-refractivity contribution in [2.24, 2.45) is 0 Å². The lowest BCUT2D eigenvalue weighted by molar-refractivity contribution is -0.137. The highest BCUT2D eigenvalue weighted by Crippen LogP contribution is 2.41. The highest BCUT2D eigenvalue weighted by Gasteiger charge is 2.39. The number of aromatic nitrogens is 7. The second-order valence-electron chi connectivity index (χ2n) is 6.93. The summed E-state index contributed by atoms with van der Waals surface area (Å²) < 4.78 is 42.1. The van der Waals surface area contributed by atoms with Gasteiger partial charge in [-0.15, -0.1) is 0 Å². The molecule has 5 aromatic rings. The summed E-state index contributed by atoms with van der Waals surface area (Å²) in [7, 11) is 1.56. The lowest BCUT2D eigenvalue weighted by Gasteiger charge is -2.18.